The first-order chi connectivity index (χ1) is 10.5. The summed E-state index contributed by atoms with van der Waals surface area (Å²) in [4.78, 5) is 2.17. The highest BCUT2D eigenvalue weighted by Crippen LogP contribution is 2.16. The molecule has 0 radical (unpaired) electrons. The first-order valence-electron chi connectivity index (χ1n) is 6.58. The highest BCUT2D eigenvalue weighted by atomic mass is 32.2. The van der Waals surface area contributed by atoms with Crippen LogP contribution in [-0.2, 0) is 10.0 Å². The lowest BCUT2D eigenvalue weighted by Gasteiger charge is -2.06. The predicted octanol–water partition coefficient (Wildman–Crippen LogP) is 2.10. The van der Waals surface area contributed by atoms with Gasteiger partial charge < -0.3 is 9.84 Å². The summed E-state index contributed by atoms with van der Waals surface area (Å²) in [7, 11) is -3.76. The van der Waals surface area contributed by atoms with Crippen LogP contribution in [0, 0.1) is 0 Å². The Morgan fingerprint density at radius 2 is 1.86 bits per heavy atom. The van der Waals surface area contributed by atoms with E-state index < -0.39 is 10.0 Å². The molecule has 6 nitrogen and oxygen atoms in total. The molecule has 22 heavy (non-hydrogen) atoms. The van der Waals surface area contributed by atoms with Gasteiger partial charge >= 0.3 is 0 Å². The van der Waals surface area contributed by atoms with Gasteiger partial charge in [0.1, 0.15) is 11.5 Å². The minimum atomic E-state index is -3.76. The molecule has 0 spiro atoms. The standard InChI is InChI=1S/C15H16N2O4S/c1-2-21-13-7-9-14(10-8-13)22(19,20)17-16-11-12-5-3-4-6-15(12)18/h3-11,17-18H,2H2,1H3. The van der Waals surface area contributed by atoms with Crippen LogP contribution >= 0.6 is 0 Å². The van der Waals surface area contributed by atoms with E-state index in [4.69, 9.17) is 4.74 Å². The fraction of sp³-hybridized carbons (Fsp3) is 0.133. The maximum atomic E-state index is 12.0. The topological polar surface area (TPSA) is 88.0 Å². The van der Waals surface area contributed by atoms with Crippen molar-refractivity contribution in [3.05, 3.63) is 54.1 Å². The van der Waals surface area contributed by atoms with Crippen LogP contribution in [0.25, 0.3) is 0 Å². The van der Waals surface area contributed by atoms with Crippen molar-refractivity contribution in [1.82, 2.24) is 4.83 Å². The summed E-state index contributed by atoms with van der Waals surface area (Å²) >= 11 is 0. The Labute approximate surface area is 129 Å². The van der Waals surface area contributed by atoms with Gasteiger partial charge in [0.2, 0.25) is 0 Å². The van der Waals surface area contributed by atoms with Gasteiger partial charge in [0, 0.05) is 5.56 Å². The van der Waals surface area contributed by atoms with Crippen molar-refractivity contribution in [2.24, 2.45) is 5.10 Å². The van der Waals surface area contributed by atoms with Crippen molar-refractivity contribution >= 4 is 16.2 Å². The molecule has 0 atom stereocenters. The molecule has 0 aromatic heterocycles. The normalized spacial score (nSPS) is 11.5. The van der Waals surface area contributed by atoms with Crippen molar-refractivity contribution in [3.63, 3.8) is 0 Å². The highest BCUT2D eigenvalue weighted by Gasteiger charge is 2.12. The van der Waals surface area contributed by atoms with Gasteiger partial charge in [-0.25, -0.2) is 4.83 Å². The fourth-order valence-electron chi connectivity index (χ4n) is 1.70. The summed E-state index contributed by atoms with van der Waals surface area (Å²) < 4.78 is 29.3. The summed E-state index contributed by atoms with van der Waals surface area (Å²) in [6, 6.07) is 12.5. The van der Waals surface area contributed by atoms with Crippen molar-refractivity contribution in [3.8, 4) is 11.5 Å². The van der Waals surface area contributed by atoms with Gasteiger partial charge in [-0.05, 0) is 43.3 Å². The number of nitrogens with one attached hydrogen (secondary N) is 1. The van der Waals surface area contributed by atoms with Crippen molar-refractivity contribution < 1.29 is 18.3 Å². The maximum absolute atomic E-state index is 12.0. The average molecular weight is 320 g/mol. The van der Waals surface area contributed by atoms with Crippen LogP contribution in [0.2, 0.25) is 0 Å². The van der Waals surface area contributed by atoms with Crippen LogP contribution in [-0.4, -0.2) is 26.3 Å². The number of ether oxygens (including phenoxy) is 1. The molecule has 2 aromatic rings. The van der Waals surface area contributed by atoms with Crippen LogP contribution < -0.4 is 9.57 Å². The van der Waals surface area contributed by atoms with Crippen LogP contribution in [0.15, 0.2) is 58.5 Å². The average Bonchev–Trinajstić information content (AvgIpc) is 2.50. The quantitative estimate of drug-likeness (QED) is 0.630. The van der Waals surface area contributed by atoms with Crippen molar-refractivity contribution in [2.75, 3.05) is 6.61 Å². The summed E-state index contributed by atoms with van der Waals surface area (Å²) in [6.45, 7) is 2.36. The van der Waals surface area contributed by atoms with Crippen LogP contribution in [0.5, 0.6) is 11.5 Å². The largest absolute Gasteiger partial charge is 0.507 e. The molecule has 0 saturated heterocycles. The number of hydrazone groups is 1. The molecule has 0 bridgehead atoms. The molecule has 2 aromatic carbocycles. The van der Waals surface area contributed by atoms with Gasteiger partial charge in [-0.1, -0.05) is 12.1 Å². The number of nitrogens with zero attached hydrogens (tertiary/aromatic N) is 1. The summed E-state index contributed by atoms with van der Waals surface area (Å²) in [6.07, 6.45) is 1.24. The zero-order valence-electron chi connectivity index (χ0n) is 11.9. The minimum Gasteiger partial charge on any atom is -0.507 e. The van der Waals surface area contributed by atoms with Gasteiger partial charge in [-0.2, -0.15) is 13.5 Å². The number of phenols is 1. The molecule has 116 valence electrons. The number of para-hydroxylation sites is 1. The molecule has 0 saturated carbocycles. The zero-order chi connectivity index (χ0) is 16.0. The Bertz CT molecular complexity index is 755. The van der Waals surface area contributed by atoms with Crippen LogP contribution in [0.4, 0.5) is 0 Å². The lowest BCUT2D eigenvalue weighted by molar-refractivity contribution is 0.340. The number of hydrogen-bond acceptors (Lipinski definition) is 5. The van der Waals surface area contributed by atoms with Crippen LogP contribution in [0.3, 0.4) is 0 Å². The maximum Gasteiger partial charge on any atom is 0.276 e. The van der Waals surface area contributed by atoms with Crippen LogP contribution in [0.1, 0.15) is 12.5 Å². The monoisotopic (exact) mass is 320 g/mol. The number of hydrogen-bond donors (Lipinski definition) is 2. The van der Waals surface area contributed by atoms with E-state index in [0.29, 0.717) is 17.9 Å². The molecule has 0 aliphatic rings. The van der Waals surface area contributed by atoms with Crippen molar-refractivity contribution in [1.29, 1.82) is 0 Å². The lowest BCUT2D eigenvalue weighted by Crippen LogP contribution is -2.18. The molecular formula is C15H16N2O4S. The second-order valence-electron chi connectivity index (χ2n) is 4.32. The van der Waals surface area contributed by atoms with E-state index in [9.17, 15) is 13.5 Å². The molecule has 0 aliphatic carbocycles. The first-order valence-corrected chi connectivity index (χ1v) is 8.07. The minimum absolute atomic E-state index is 0.0199. The number of benzene rings is 2. The fourth-order valence-corrected chi connectivity index (χ4v) is 2.49. The molecule has 0 fully saturated rings. The van der Waals surface area contributed by atoms with Gasteiger partial charge in [-0.15, -0.1) is 0 Å². The summed E-state index contributed by atoms with van der Waals surface area (Å²) in [5, 5.41) is 13.2. The van der Waals surface area contributed by atoms with Gasteiger partial charge in [-0.3, -0.25) is 0 Å². The first kappa shape index (κ1) is 15.8. The van der Waals surface area contributed by atoms with Gasteiger partial charge in [0.15, 0.2) is 0 Å². The third-order valence-electron chi connectivity index (χ3n) is 2.76. The number of rotatable bonds is 6. The Morgan fingerprint density at radius 3 is 2.50 bits per heavy atom. The van der Waals surface area contributed by atoms with Crippen molar-refractivity contribution in [2.45, 2.75) is 11.8 Å². The Morgan fingerprint density at radius 1 is 1.18 bits per heavy atom. The van der Waals surface area contributed by atoms with Gasteiger partial charge in [0.05, 0.1) is 17.7 Å². The number of aromatic hydroxyl groups is 1. The second kappa shape index (κ2) is 6.95. The Kier molecular flexibility index (Phi) is 5.00. The van der Waals surface area contributed by atoms with E-state index in [2.05, 4.69) is 9.93 Å². The molecule has 2 rings (SSSR count). The molecule has 0 aliphatic heterocycles. The SMILES string of the molecule is CCOc1ccc(S(=O)(=O)NN=Cc2ccccc2O)cc1. The van der Waals surface area contributed by atoms with E-state index in [1.54, 1.807) is 30.3 Å². The predicted molar refractivity (Wildman–Crippen MR) is 83.6 cm³/mol. The summed E-state index contributed by atoms with van der Waals surface area (Å²) in [5.74, 6) is 0.616. The van der Waals surface area contributed by atoms with E-state index in [-0.39, 0.29) is 10.6 Å². The molecule has 0 amide bonds. The molecular weight excluding hydrogens is 304 g/mol. The van der Waals surface area contributed by atoms with Gasteiger partial charge in [0.25, 0.3) is 10.0 Å². The number of sulfonamides is 1. The van der Waals surface area contributed by atoms with E-state index in [1.807, 2.05) is 6.92 Å². The Hall–Kier alpha value is -2.54. The molecule has 0 heterocycles. The van der Waals surface area contributed by atoms with E-state index >= 15 is 0 Å². The second-order valence-corrected chi connectivity index (χ2v) is 5.98. The zero-order valence-corrected chi connectivity index (χ0v) is 12.7. The smallest absolute Gasteiger partial charge is 0.276 e. The molecule has 7 heteroatoms. The lowest BCUT2D eigenvalue weighted by atomic mass is 10.2. The Balaban J connectivity index is 2.09. The third kappa shape index (κ3) is 3.98. The highest BCUT2D eigenvalue weighted by molar-refractivity contribution is 7.89. The van der Waals surface area contributed by atoms with E-state index in [1.165, 1.54) is 24.4 Å². The number of phenolic OH excluding ortho intramolecular Hbond substituents is 1. The third-order valence-corrected chi connectivity index (χ3v) is 4.00. The molecule has 2 N–H and O–H groups in total. The van der Waals surface area contributed by atoms with E-state index in [0.717, 1.165) is 0 Å². The summed E-state index contributed by atoms with van der Waals surface area (Å²) in [5.41, 5.74) is 0.414. The molecule has 0 unspecified atom stereocenters.